The lowest BCUT2D eigenvalue weighted by molar-refractivity contribution is -0.942. The average molecular weight is 196 g/mol. The summed E-state index contributed by atoms with van der Waals surface area (Å²) in [6.45, 7) is 4.55. The molecule has 4 bridgehead atoms. The molecule has 4 saturated heterocycles. The van der Waals surface area contributed by atoms with Crippen LogP contribution in [0.2, 0.25) is 0 Å². The number of terminal acetylenes is 1. The van der Waals surface area contributed by atoms with E-state index in [-0.39, 0.29) is 7.92 Å². The number of quaternary nitrogens is 1. The van der Waals surface area contributed by atoms with Gasteiger partial charge in [0.25, 0.3) is 0 Å². The molecule has 3 nitrogen and oxygen atoms in total. The summed E-state index contributed by atoms with van der Waals surface area (Å²) >= 11 is 0. The van der Waals surface area contributed by atoms with Gasteiger partial charge in [0.1, 0.15) is 26.2 Å². The summed E-state index contributed by atoms with van der Waals surface area (Å²) < 4.78 is 1.17. The summed E-state index contributed by atoms with van der Waals surface area (Å²) in [6, 6.07) is 0. The van der Waals surface area contributed by atoms with Crippen molar-refractivity contribution in [3.05, 3.63) is 0 Å². The van der Waals surface area contributed by atoms with Crippen LogP contribution in [0.15, 0.2) is 0 Å². The maximum atomic E-state index is 5.45. The highest BCUT2D eigenvalue weighted by Gasteiger charge is 2.48. The first-order valence-corrected chi connectivity index (χ1v) is 6.65. The largest absolute Gasteiger partial charge is 0.285 e. The van der Waals surface area contributed by atoms with E-state index in [0.717, 1.165) is 6.54 Å². The normalized spacial score (nSPS) is 52.1. The van der Waals surface area contributed by atoms with Gasteiger partial charge in [0.15, 0.2) is 0 Å². The monoisotopic (exact) mass is 196 g/mol. The van der Waals surface area contributed by atoms with Crippen LogP contribution in [0.1, 0.15) is 0 Å². The Morgan fingerprint density at radius 1 is 1.31 bits per heavy atom. The molecule has 4 fully saturated rings. The van der Waals surface area contributed by atoms with Crippen molar-refractivity contribution in [1.29, 1.82) is 0 Å². The molecule has 70 valence electrons. The molecule has 2 unspecified atom stereocenters. The lowest BCUT2D eigenvalue weighted by atomic mass is 10.4. The Hall–Kier alpha value is -0.130. The Morgan fingerprint density at radius 2 is 2.00 bits per heavy atom. The van der Waals surface area contributed by atoms with E-state index in [1.54, 1.807) is 0 Å². The summed E-state index contributed by atoms with van der Waals surface area (Å²) in [5.74, 6) is 2.85. The molecule has 0 aromatic heterocycles. The molecule has 0 spiro atoms. The van der Waals surface area contributed by atoms with Gasteiger partial charge in [-0.2, -0.15) is 0 Å². The third kappa shape index (κ3) is 1.21. The van der Waals surface area contributed by atoms with Gasteiger partial charge >= 0.3 is 0 Å². The topological polar surface area (TPSA) is 6.48 Å². The van der Waals surface area contributed by atoms with Crippen LogP contribution in [0, 0.1) is 12.3 Å². The van der Waals surface area contributed by atoms with Crippen LogP contribution in [-0.4, -0.2) is 59.7 Å². The molecule has 0 aliphatic carbocycles. The fourth-order valence-electron chi connectivity index (χ4n) is 3.00. The van der Waals surface area contributed by atoms with Crippen molar-refractivity contribution in [3.63, 3.8) is 0 Å². The highest BCUT2D eigenvalue weighted by atomic mass is 31.1. The van der Waals surface area contributed by atoms with Crippen LogP contribution < -0.4 is 0 Å². The van der Waals surface area contributed by atoms with Gasteiger partial charge in [-0.15, -0.1) is 6.42 Å². The van der Waals surface area contributed by atoms with Gasteiger partial charge in [0.2, 0.25) is 0 Å². The van der Waals surface area contributed by atoms with Crippen LogP contribution in [0.4, 0.5) is 0 Å². The summed E-state index contributed by atoms with van der Waals surface area (Å²) in [7, 11) is 0.257. The maximum absolute atomic E-state index is 5.45. The average Bonchev–Trinajstić information content (AvgIpc) is 2.00. The summed E-state index contributed by atoms with van der Waals surface area (Å²) in [6.07, 6.45) is 9.58. The second-order valence-corrected chi connectivity index (χ2v) is 6.76. The Bertz CT molecular complexity index is 235. The molecule has 0 aromatic rings. The van der Waals surface area contributed by atoms with Gasteiger partial charge < -0.3 is 0 Å². The van der Waals surface area contributed by atoms with E-state index in [4.69, 9.17) is 6.42 Å². The fourth-order valence-corrected chi connectivity index (χ4v) is 5.89. The molecular weight excluding hydrogens is 181 g/mol. The Labute approximate surface area is 80.6 Å². The zero-order chi connectivity index (χ0) is 8.89. The molecule has 0 radical (unpaired) electrons. The van der Waals surface area contributed by atoms with Crippen molar-refractivity contribution in [3.8, 4) is 12.3 Å². The molecule has 0 amide bonds. The summed E-state index contributed by atoms with van der Waals surface area (Å²) in [5, 5.41) is 0. The zero-order valence-electron chi connectivity index (χ0n) is 7.82. The van der Waals surface area contributed by atoms with Crippen molar-refractivity contribution >= 4 is 7.92 Å². The molecule has 0 aromatic carbocycles. The highest BCUT2D eigenvalue weighted by molar-refractivity contribution is 7.57. The van der Waals surface area contributed by atoms with Crippen molar-refractivity contribution < 1.29 is 4.48 Å². The molecular formula is C9H15N3P+. The Balaban J connectivity index is 1.88. The predicted octanol–water partition coefficient (Wildman–Crippen LogP) is 0.308. The Morgan fingerprint density at radius 3 is 2.54 bits per heavy atom. The van der Waals surface area contributed by atoms with Gasteiger partial charge in [-0.1, -0.05) is 0 Å². The van der Waals surface area contributed by atoms with E-state index in [1.807, 2.05) is 0 Å². The van der Waals surface area contributed by atoms with Crippen LogP contribution in [0.5, 0.6) is 0 Å². The molecule has 4 aliphatic heterocycles. The van der Waals surface area contributed by atoms with E-state index in [9.17, 15) is 0 Å². The minimum absolute atomic E-state index is 0.257. The quantitative estimate of drug-likeness (QED) is 0.338. The minimum Gasteiger partial charge on any atom is -0.285 e. The van der Waals surface area contributed by atoms with E-state index in [1.165, 1.54) is 43.3 Å². The first kappa shape index (κ1) is 8.20. The van der Waals surface area contributed by atoms with Gasteiger partial charge in [0.05, 0.1) is 6.67 Å². The number of rotatable bonds is 1. The fraction of sp³-hybridized carbons (Fsp3) is 0.778. The second-order valence-electron chi connectivity index (χ2n) is 4.56. The van der Waals surface area contributed by atoms with Crippen molar-refractivity contribution in [1.82, 2.24) is 9.80 Å². The molecule has 0 saturated carbocycles. The Kier molecular flexibility index (Phi) is 1.69. The SMILES string of the molecule is C#CC[N+]12CN3CN(CP(C3)C1)C2. The van der Waals surface area contributed by atoms with Crippen LogP contribution in [-0.2, 0) is 0 Å². The van der Waals surface area contributed by atoms with Gasteiger partial charge in [0, 0.05) is 12.6 Å². The van der Waals surface area contributed by atoms with Crippen molar-refractivity contribution in [2.75, 3.05) is 45.4 Å². The molecule has 4 heteroatoms. The highest BCUT2D eigenvalue weighted by Crippen LogP contribution is 2.50. The third-order valence-corrected chi connectivity index (χ3v) is 5.73. The van der Waals surface area contributed by atoms with Gasteiger partial charge in [-0.25, -0.2) is 9.80 Å². The first-order valence-electron chi connectivity index (χ1n) is 4.75. The smallest absolute Gasteiger partial charge is 0.142 e. The first-order chi connectivity index (χ1) is 6.30. The van der Waals surface area contributed by atoms with E-state index in [2.05, 4.69) is 15.7 Å². The molecule has 2 atom stereocenters. The van der Waals surface area contributed by atoms with Gasteiger partial charge in [-0.3, -0.25) is 4.48 Å². The van der Waals surface area contributed by atoms with E-state index < -0.39 is 0 Å². The molecule has 4 aliphatic rings. The summed E-state index contributed by atoms with van der Waals surface area (Å²) in [4.78, 5) is 5.17. The summed E-state index contributed by atoms with van der Waals surface area (Å²) in [5.41, 5.74) is 0. The molecule has 13 heavy (non-hydrogen) atoms. The second kappa shape index (κ2) is 2.68. The van der Waals surface area contributed by atoms with Crippen molar-refractivity contribution in [2.24, 2.45) is 0 Å². The number of hydrogen-bond acceptors (Lipinski definition) is 2. The van der Waals surface area contributed by atoms with E-state index in [0.29, 0.717) is 0 Å². The van der Waals surface area contributed by atoms with Gasteiger partial charge in [-0.05, 0) is 13.8 Å². The minimum atomic E-state index is 0.257. The lowest BCUT2D eigenvalue weighted by Crippen LogP contribution is -2.71. The molecule has 0 N–H and O–H groups in total. The van der Waals surface area contributed by atoms with E-state index >= 15 is 0 Å². The van der Waals surface area contributed by atoms with Crippen LogP contribution in [0.3, 0.4) is 0 Å². The third-order valence-electron chi connectivity index (χ3n) is 3.13. The zero-order valence-corrected chi connectivity index (χ0v) is 8.71. The van der Waals surface area contributed by atoms with Crippen LogP contribution in [0.25, 0.3) is 0 Å². The van der Waals surface area contributed by atoms with Crippen LogP contribution >= 0.6 is 7.92 Å². The molecule has 4 heterocycles. The lowest BCUT2D eigenvalue weighted by Gasteiger charge is -2.59. The number of hydrogen-bond donors (Lipinski definition) is 0. The standard InChI is InChI=1S/C9H15N3P/c1-2-3-12-5-10-4-11(6-12)8-13(7-10)9-12/h1H,3-9H2/q+1. The van der Waals surface area contributed by atoms with Crippen molar-refractivity contribution in [2.45, 2.75) is 0 Å². The predicted molar refractivity (Wildman–Crippen MR) is 53.8 cm³/mol. The number of nitrogens with zero attached hydrogens (tertiary/aromatic N) is 3. The maximum Gasteiger partial charge on any atom is 0.142 e. The molecule has 4 rings (SSSR count).